The number of nitrogens with one attached hydrogen (secondary N) is 1. The van der Waals surface area contributed by atoms with Gasteiger partial charge in [0.2, 0.25) is 10.0 Å². The largest absolute Gasteiger partial charge is 0.489 e. The molecule has 4 rings (SSSR count). The Labute approximate surface area is 167 Å². The lowest BCUT2D eigenvalue weighted by Gasteiger charge is -2.10. The molecular weight excluding hydrogens is 392 g/mol. The summed E-state index contributed by atoms with van der Waals surface area (Å²) in [6.07, 6.45) is 0. The van der Waals surface area contributed by atoms with Crippen LogP contribution in [0.15, 0.2) is 74.8 Å². The molecule has 1 N–H and O–H groups in total. The normalized spacial score (nSPS) is 11.8. The molecule has 0 amide bonds. The van der Waals surface area contributed by atoms with Crippen molar-refractivity contribution in [2.24, 2.45) is 0 Å². The van der Waals surface area contributed by atoms with E-state index in [9.17, 15) is 13.2 Å². The third-order valence-electron chi connectivity index (χ3n) is 4.30. The van der Waals surface area contributed by atoms with E-state index in [0.717, 1.165) is 5.56 Å². The maximum Gasteiger partial charge on any atom is 0.240 e. The maximum absolute atomic E-state index is 12.0. The van der Waals surface area contributed by atoms with Gasteiger partial charge >= 0.3 is 0 Å². The number of sulfonamides is 1. The molecule has 1 aliphatic heterocycles. The first-order valence-electron chi connectivity index (χ1n) is 9.01. The van der Waals surface area contributed by atoms with E-state index in [2.05, 4.69) is 9.71 Å². The van der Waals surface area contributed by atoms with Crippen molar-refractivity contribution in [2.75, 3.05) is 6.54 Å². The molecule has 0 bridgehead atoms. The molecule has 2 aromatic carbocycles. The molecule has 2 aromatic rings. The zero-order valence-corrected chi connectivity index (χ0v) is 16.4. The monoisotopic (exact) mass is 410 g/mol. The van der Waals surface area contributed by atoms with Crippen LogP contribution >= 0.6 is 0 Å². The number of nitrogens with zero attached hydrogens (tertiary/aromatic N) is 1. The number of rotatable bonds is 6. The Bertz CT molecular complexity index is 1300. The lowest BCUT2D eigenvalue weighted by molar-refractivity contribution is 0.306. The van der Waals surface area contributed by atoms with Crippen LogP contribution < -0.4 is 14.9 Å². The zero-order valence-electron chi connectivity index (χ0n) is 15.6. The van der Waals surface area contributed by atoms with Crippen LogP contribution in [0.1, 0.15) is 12.5 Å². The molecule has 1 aliphatic carbocycles. The van der Waals surface area contributed by atoms with Crippen molar-refractivity contribution < 1.29 is 17.6 Å². The Morgan fingerprint density at radius 1 is 1.03 bits per heavy atom. The highest BCUT2D eigenvalue weighted by Crippen LogP contribution is 2.26. The van der Waals surface area contributed by atoms with Gasteiger partial charge in [0.1, 0.15) is 23.6 Å². The predicted molar refractivity (Wildman–Crippen MR) is 109 cm³/mol. The molecule has 2 aliphatic rings. The summed E-state index contributed by atoms with van der Waals surface area (Å²) in [6, 6.07) is 16.3. The summed E-state index contributed by atoms with van der Waals surface area (Å²) in [6.45, 7) is 2.33. The predicted octanol–water partition coefficient (Wildman–Crippen LogP) is 3.17. The van der Waals surface area contributed by atoms with E-state index in [0.29, 0.717) is 34.8 Å². The summed E-state index contributed by atoms with van der Waals surface area (Å²) in [5, 5.41) is 0. The van der Waals surface area contributed by atoms with E-state index >= 15 is 0 Å². The first kappa shape index (κ1) is 19.1. The lowest BCUT2D eigenvalue weighted by Crippen LogP contribution is -2.23. The van der Waals surface area contributed by atoms with Gasteiger partial charge < -0.3 is 9.15 Å². The molecule has 29 heavy (non-hydrogen) atoms. The van der Waals surface area contributed by atoms with Crippen molar-refractivity contribution in [3.8, 4) is 17.2 Å². The van der Waals surface area contributed by atoms with E-state index in [-0.39, 0.29) is 16.9 Å². The molecule has 8 heteroatoms. The highest BCUT2D eigenvalue weighted by Gasteiger charge is 2.12. The first-order chi connectivity index (χ1) is 13.9. The summed E-state index contributed by atoms with van der Waals surface area (Å²) in [7, 11) is -3.47. The Kier molecular flexibility index (Phi) is 5.04. The summed E-state index contributed by atoms with van der Waals surface area (Å²) in [4.78, 5) is 16.2. The fourth-order valence-electron chi connectivity index (χ4n) is 2.88. The van der Waals surface area contributed by atoms with Crippen LogP contribution in [-0.4, -0.2) is 19.9 Å². The number of benzene rings is 3. The van der Waals surface area contributed by atoms with Gasteiger partial charge in [-0.25, -0.2) is 18.1 Å². The Morgan fingerprint density at radius 2 is 1.83 bits per heavy atom. The van der Waals surface area contributed by atoms with Crippen LogP contribution in [0.5, 0.6) is 5.75 Å². The number of hydrogen-bond donors (Lipinski definition) is 1. The molecule has 0 saturated heterocycles. The third kappa shape index (κ3) is 4.13. The quantitative estimate of drug-likeness (QED) is 0.490. The van der Waals surface area contributed by atoms with Crippen molar-refractivity contribution >= 4 is 21.1 Å². The van der Waals surface area contributed by atoms with Gasteiger partial charge in [0, 0.05) is 18.7 Å². The van der Waals surface area contributed by atoms with Crippen LogP contribution in [0, 0.1) is 0 Å². The summed E-state index contributed by atoms with van der Waals surface area (Å²) in [5.41, 5.74) is 2.45. The van der Waals surface area contributed by atoms with E-state index in [4.69, 9.17) is 9.15 Å². The maximum atomic E-state index is 12.0. The van der Waals surface area contributed by atoms with E-state index in [1.165, 1.54) is 12.1 Å². The van der Waals surface area contributed by atoms with Gasteiger partial charge in [0.25, 0.3) is 0 Å². The summed E-state index contributed by atoms with van der Waals surface area (Å²) in [5.74, 6) is 0.990. The van der Waals surface area contributed by atoms with Crippen molar-refractivity contribution in [2.45, 2.75) is 18.4 Å². The van der Waals surface area contributed by atoms with Crippen molar-refractivity contribution in [1.29, 1.82) is 0 Å². The standard InChI is InChI=1S/C21H18N2O5S/c1-2-22-29(25,26)17-7-3-14(4-8-17)13-27-16-6-10-19-21(12-16)28-20-11-15(24)5-9-18(20)23-19/h3-12,22H,2,13H2,1H3. The highest BCUT2D eigenvalue weighted by atomic mass is 32.2. The van der Waals surface area contributed by atoms with Crippen LogP contribution in [0.4, 0.5) is 0 Å². The van der Waals surface area contributed by atoms with Gasteiger partial charge in [-0.05, 0) is 42.0 Å². The molecule has 1 heterocycles. The molecule has 0 fully saturated rings. The lowest BCUT2D eigenvalue weighted by atomic mass is 10.2. The first-order valence-corrected chi connectivity index (χ1v) is 10.5. The van der Waals surface area contributed by atoms with Gasteiger partial charge in [-0.2, -0.15) is 0 Å². The van der Waals surface area contributed by atoms with Crippen LogP contribution in [0.25, 0.3) is 22.6 Å². The second-order valence-electron chi connectivity index (χ2n) is 6.41. The molecule has 0 saturated carbocycles. The Morgan fingerprint density at radius 3 is 2.59 bits per heavy atom. The summed E-state index contributed by atoms with van der Waals surface area (Å²) < 4.78 is 38.0. The zero-order chi connectivity index (χ0) is 20.4. The van der Waals surface area contributed by atoms with Crippen molar-refractivity contribution in [3.63, 3.8) is 0 Å². The second kappa shape index (κ2) is 7.65. The van der Waals surface area contributed by atoms with E-state index in [1.807, 2.05) is 0 Å². The molecular formula is C21H18N2O5S. The van der Waals surface area contributed by atoms with Crippen LogP contribution in [0.3, 0.4) is 0 Å². The Hall–Kier alpha value is -3.23. The van der Waals surface area contributed by atoms with Gasteiger partial charge in [0.15, 0.2) is 16.8 Å². The van der Waals surface area contributed by atoms with Gasteiger partial charge in [-0.15, -0.1) is 0 Å². The molecule has 7 nitrogen and oxygen atoms in total. The number of ether oxygens (including phenoxy) is 1. The summed E-state index contributed by atoms with van der Waals surface area (Å²) >= 11 is 0. The molecule has 0 atom stereocenters. The minimum atomic E-state index is -3.47. The molecule has 0 spiro atoms. The van der Waals surface area contributed by atoms with Crippen molar-refractivity contribution in [1.82, 2.24) is 9.71 Å². The van der Waals surface area contributed by atoms with Crippen molar-refractivity contribution in [3.05, 3.63) is 76.5 Å². The molecule has 148 valence electrons. The van der Waals surface area contributed by atoms with Crippen LogP contribution in [0.2, 0.25) is 0 Å². The molecule has 0 aromatic heterocycles. The molecule has 0 radical (unpaired) electrons. The third-order valence-corrected chi connectivity index (χ3v) is 5.86. The average Bonchev–Trinajstić information content (AvgIpc) is 2.71. The number of aromatic nitrogens is 1. The van der Waals surface area contributed by atoms with Gasteiger partial charge in [0.05, 0.1) is 4.90 Å². The highest BCUT2D eigenvalue weighted by molar-refractivity contribution is 7.89. The number of fused-ring (bicyclic) bond motifs is 2. The van der Waals surface area contributed by atoms with E-state index < -0.39 is 10.0 Å². The topological polar surface area (TPSA) is 98.5 Å². The van der Waals surface area contributed by atoms with Gasteiger partial charge in [-0.3, -0.25) is 4.79 Å². The minimum Gasteiger partial charge on any atom is -0.489 e. The fourth-order valence-corrected chi connectivity index (χ4v) is 3.92. The van der Waals surface area contributed by atoms with E-state index in [1.54, 1.807) is 55.5 Å². The minimum absolute atomic E-state index is 0.144. The molecule has 0 unspecified atom stereocenters. The number of hydrogen-bond acceptors (Lipinski definition) is 6. The fraction of sp³-hybridized carbons (Fsp3) is 0.143. The SMILES string of the molecule is CCNS(=O)(=O)c1ccc(COc2ccc3nc4ccc(=O)cc-4oc3c2)cc1. The second-order valence-corrected chi connectivity index (χ2v) is 8.17. The smallest absolute Gasteiger partial charge is 0.240 e. The Balaban J connectivity index is 1.53. The average molecular weight is 410 g/mol. The van der Waals surface area contributed by atoms with Gasteiger partial charge in [-0.1, -0.05) is 19.1 Å². The van der Waals surface area contributed by atoms with Crippen LogP contribution in [-0.2, 0) is 16.6 Å².